The second-order valence-electron chi connectivity index (χ2n) is 7.43. The number of benzene rings is 2. The minimum atomic E-state index is -1.14. The number of aryl methyl sites for hydroxylation is 1. The Bertz CT molecular complexity index is 1470. The van der Waals surface area contributed by atoms with Crippen molar-refractivity contribution >= 4 is 44.3 Å². The number of rotatable bonds is 5. The summed E-state index contributed by atoms with van der Waals surface area (Å²) < 4.78 is 14.5. The molecule has 0 aliphatic heterocycles. The van der Waals surface area contributed by atoms with Gasteiger partial charge in [-0.05, 0) is 60.6 Å². The van der Waals surface area contributed by atoms with Crippen molar-refractivity contribution < 1.29 is 9.35 Å². The van der Waals surface area contributed by atoms with E-state index in [4.69, 9.17) is 0 Å². The van der Waals surface area contributed by atoms with E-state index in [1.54, 1.807) is 52.6 Å². The van der Waals surface area contributed by atoms with Gasteiger partial charge in [0.1, 0.15) is 6.26 Å². The summed E-state index contributed by atoms with van der Waals surface area (Å²) in [5, 5.41) is 7.45. The van der Waals surface area contributed by atoms with Crippen LogP contribution in [0, 0.1) is 6.92 Å². The van der Waals surface area contributed by atoms with E-state index in [0.29, 0.717) is 16.4 Å². The number of hydrogen-bond donors (Lipinski definition) is 1. The summed E-state index contributed by atoms with van der Waals surface area (Å²) in [6, 6.07) is 20.4. The number of hydrogen-bond acceptors (Lipinski definition) is 6. The molecule has 164 valence electrons. The van der Waals surface area contributed by atoms with Crippen molar-refractivity contribution in [1.29, 1.82) is 0 Å². The molecule has 0 saturated carbocycles. The fourth-order valence-corrected chi connectivity index (χ4v) is 4.76. The number of thiazole rings is 1. The number of pyridine rings is 1. The quantitative estimate of drug-likeness (QED) is 0.369. The van der Waals surface area contributed by atoms with Crippen LogP contribution >= 0.6 is 11.3 Å². The van der Waals surface area contributed by atoms with Crippen molar-refractivity contribution in [3.63, 3.8) is 0 Å². The molecular weight excluding hydrogens is 454 g/mol. The van der Waals surface area contributed by atoms with E-state index < -0.39 is 11.2 Å². The van der Waals surface area contributed by atoms with E-state index in [1.807, 2.05) is 48.8 Å². The zero-order valence-corrected chi connectivity index (χ0v) is 19.5. The van der Waals surface area contributed by atoms with E-state index in [9.17, 15) is 9.35 Å². The molecule has 0 aliphatic rings. The Hall–Kier alpha value is -3.53. The molecule has 3 aromatic heterocycles. The average Bonchev–Trinajstić information content (AvgIpc) is 3.46. The molecule has 0 saturated heterocycles. The number of nitrogens with one attached hydrogen (secondary N) is 1. The number of carbonyl (C=O) groups is 1. The Morgan fingerprint density at radius 3 is 2.76 bits per heavy atom. The molecule has 0 bridgehead atoms. The van der Waals surface area contributed by atoms with Crippen LogP contribution in [0.5, 0.6) is 0 Å². The van der Waals surface area contributed by atoms with Gasteiger partial charge in [-0.3, -0.25) is 4.79 Å². The van der Waals surface area contributed by atoms with Gasteiger partial charge in [0, 0.05) is 23.0 Å². The summed E-state index contributed by atoms with van der Waals surface area (Å²) >= 11 is 0.416. The number of nitrogens with zero attached hydrogens (tertiary/aromatic N) is 4. The van der Waals surface area contributed by atoms with E-state index in [1.165, 1.54) is 0 Å². The van der Waals surface area contributed by atoms with Crippen LogP contribution in [0.2, 0.25) is 0 Å². The van der Waals surface area contributed by atoms with Gasteiger partial charge in [-0.25, -0.2) is 14.6 Å². The highest BCUT2D eigenvalue weighted by Gasteiger charge is 2.19. The summed E-state index contributed by atoms with van der Waals surface area (Å²) in [4.78, 5) is 22.6. The molecule has 0 spiro atoms. The lowest BCUT2D eigenvalue weighted by atomic mass is 10.1. The maximum atomic E-state index is 13.1. The van der Waals surface area contributed by atoms with Gasteiger partial charge in [0.05, 0.1) is 21.4 Å². The van der Waals surface area contributed by atoms with Crippen molar-refractivity contribution in [1.82, 2.24) is 19.7 Å². The Labute approximate surface area is 197 Å². The largest absolute Gasteiger partial charge is 0.612 e. The molecule has 1 unspecified atom stereocenters. The first-order chi connectivity index (χ1) is 16.0. The Balaban J connectivity index is 1.56. The second kappa shape index (κ2) is 8.78. The summed E-state index contributed by atoms with van der Waals surface area (Å²) in [7, 11) is 0. The third kappa shape index (κ3) is 4.38. The molecule has 5 aromatic rings. The van der Waals surface area contributed by atoms with Gasteiger partial charge in [0.2, 0.25) is 0 Å². The molecule has 5 rings (SSSR count). The normalized spacial score (nSPS) is 12.1. The molecule has 2 aromatic carbocycles. The van der Waals surface area contributed by atoms with Gasteiger partial charge in [-0.15, -0.1) is 11.3 Å². The van der Waals surface area contributed by atoms with Gasteiger partial charge >= 0.3 is 0 Å². The first kappa shape index (κ1) is 21.3. The van der Waals surface area contributed by atoms with Gasteiger partial charge in [-0.2, -0.15) is 5.10 Å². The molecule has 0 aliphatic carbocycles. The van der Waals surface area contributed by atoms with Gasteiger partial charge < -0.3 is 9.87 Å². The zero-order chi connectivity index (χ0) is 22.9. The molecule has 0 radical (unpaired) electrons. The molecule has 7 nitrogen and oxygen atoms in total. The molecular formula is C24H19N5O2S2. The Kier molecular flexibility index (Phi) is 5.67. The van der Waals surface area contributed by atoms with Crippen molar-refractivity contribution in [2.45, 2.75) is 11.8 Å². The summed E-state index contributed by atoms with van der Waals surface area (Å²) in [5.74, 6) is 0.261. The molecule has 3 heterocycles. The summed E-state index contributed by atoms with van der Waals surface area (Å²) in [5.41, 5.74) is 6.05. The SMILES string of the molecule is Cc1cccc(-n2nc(C(=O)Nc3cccc([S+](C)[O-])c3)cc2-c2ccc3ncsc3c2)n1. The highest BCUT2D eigenvalue weighted by molar-refractivity contribution is 7.90. The second-order valence-corrected chi connectivity index (χ2v) is 9.70. The number of anilines is 1. The highest BCUT2D eigenvalue weighted by atomic mass is 32.2. The zero-order valence-electron chi connectivity index (χ0n) is 17.9. The maximum Gasteiger partial charge on any atom is 0.276 e. The number of aromatic nitrogens is 4. The van der Waals surface area contributed by atoms with E-state index in [0.717, 1.165) is 27.2 Å². The van der Waals surface area contributed by atoms with Crippen LogP contribution in [0.15, 0.2) is 77.1 Å². The van der Waals surface area contributed by atoms with Crippen LogP contribution in [-0.2, 0) is 11.2 Å². The first-order valence-electron chi connectivity index (χ1n) is 10.1. The Morgan fingerprint density at radius 2 is 1.94 bits per heavy atom. The van der Waals surface area contributed by atoms with Crippen LogP contribution in [0.3, 0.4) is 0 Å². The Morgan fingerprint density at radius 1 is 1.09 bits per heavy atom. The van der Waals surface area contributed by atoms with E-state index in [-0.39, 0.29) is 11.6 Å². The number of fused-ring (bicyclic) bond motifs is 1. The molecule has 9 heteroatoms. The average molecular weight is 474 g/mol. The summed E-state index contributed by atoms with van der Waals surface area (Å²) in [6.07, 6.45) is 1.60. The lowest BCUT2D eigenvalue weighted by Gasteiger charge is -2.08. The predicted octanol–water partition coefficient (Wildman–Crippen LogP) is 4.84. The van der Waals surface area contributed by atoms with Crippen LogP contribution < -0.4 is 5.32 Å². The van der Waals surface area contributed by atoms with Crippen LogP contribution in [-0.4, -0.2) is 36.5 Å². The molecule has 0 fully saturated rings. The van der Waals surface area contributed by atoms with Crippen molar-refractivity contribution in [2.75, 3.05) is 11.6 Å². The lowest BCUT2D eigenvalue weighted by Crippen LogP contribution is -2.14. The smallest absolute Gasteiger partial charge is 0.276 e. The summed E-state index contributed by atoms with van der Waals surface area (Å²) in [6.45, 7) is 1.91. The first-order valence-corrected chi connectivity index (χ1v) is 12.5. The maximum absolute atomic E-state index is 13.1. The van der Waals surface area contributed by atoms with E-state index >= 15 is 0 Å². The van der Waals surface area contributed by atoms with Crippen LogP contribution in [0.25, 0.3) is 27.3 Å². The monoisotopic (exact) mass is 473 g/mol. The van der Waals surface area contributed by atoms with Gasteiger partial charge in [0.15, 0.2) is 16.4 Å². The van der Waals surface area contributed by atoms with Gasteiger partial charge in [-0.1, -0.05) is 18.2 Å². The molecule has 1 amide bonds. The van der Waals surface area contributed by atoms with Crippen LogP contribution in [0.1, 0.15) is 16.2 Å². The third-order valence-corrected chi connectivity index (χ3v) is 6.79. The number of carbonyl (C=O) groups excluding carboxylic acids is 1. The van der Waals surface area contributed by atoms with Crippen molar-refractivity contribution in [3.05, 3.63) is 83.6 Å². The standard InChI is InChI=1S/C24H19N5O2S2/c1-15-5-3-8-23(26-15)29-21(16-9-10-19-22(11-16)32-14-25-19)13-20(28-29)24(30)27-17-6-4-7-18(12-17)33(2)31/h3-14H,1-2H3,(H,27,30). The van der Waals surface area contributed by atoms with Crippen LogP contribution in [0.4, 0.5) is 5.69 Å². The van der Waals surface area contributed by atoms with Crippen molar-refractivity contribution in [2.24, 2.45) is 0 Å². The predicted molar refractivity (Wildman–Crippen MR) is 131 cm³/mol. The minimum absolute atomic E-state index is 0.251. The topological polar surface area (TPSA) is 95.8 Å². The molecule has 1 N–H and O–H groups in total. The minimum Gasteiger partial charge on any atom is -0.612 e. The third-order valence-electron chi connectivity index (χ3n) is 5.08. The fourth-order valence-electron chi connectivity index (χ4n) is 3.48. The lowest BCUT2D eigenvalue weighted by molar-refractivity contribution is 0.102. The van der Waals surface area contributed by atoms with Crippen molar-refractivity contribution in [3.8, 4) is 17.1 Å². The van der Waals surface area contributed by atoms with E-state index in [2.05, 4.69) is 20.4 Å². The number of amides is 1. The highest BCUT2D eigenvalue weighted by Crippen LogP contribution is 2.29. The van der Waals surface area contributed by atoms with Gasteiger partial charge in [0.25, 0.3) is 5.91 Å². The fraction of sp³-hybridized carbons (Fsp3) is 0.0833. The molecule has 33 heavy (non-hydrogen) atoms. The molecule has 1 atom stereocenters.